The maximum atomic E-state index is 12.7. The third-order valence-electron chi connectivity index (χ3n) is 3.91. The first-order chi connectivity index (χ1) is 13.1. The monoisotopic (exact) mass is 443 g/mol. The molecule has 1 aliphatic rings. The van der Waals surface area contributed by atoms with Crippen molar-refractivity contribution in [2.75, 3.05) is 31.3 Å². The van der Waals surface area contributed by atoms with Crippen LogP contribution in [0.4, 0.5) is 11.4 Å². The minimum absolute atomic E-state index is 0.0346. The smallest absolute Gasteiger partial charge is 0.262 e. The van der Waals surface area contributed by atoms with Crippen LogP contribution in [0.1, 0.15) is 10.4 Å². The average molecular weight is 444 g/mol. The lowest BCUT2D eigenvalue weighted by atomic mass is 10.2. The van der Waals surface area contributed by atoms with Gasteiger partial charge in [0, 0.05) is 20.2 Å². The van der Waals surface area contributed by atoms with E-state index in [1.165, 1.54) is 44.4 Å². The van der Waals surface area contributed by atoms with Gasteiger partial charge in [0.05, 0.1) is 31.9 Å². The van der Waals surface area contributed by atoms with Gasteiger partial charge in [0.25, 0.3) is 11.8 Å². The quantitative estimate of drug-likeness (QED) is 0.755. The summed E-state index contributed by atoms with van der Waals surface area (Å²) in [5.74, 6) is -0.622. The average Bonchev–Trinajstić information content (AvgIpc) is 2.62. The van der Waals surface area contributed by atoms with Gasteiger partial charge in [-0.25, -0.2) is 12.7 Å². The van der Waals surface area contributed by atoms with Crippen LogP contribution in [0.15, 0.2) is 35.2 Å². The number of nitrogens with one attached hydrogen (secondary N) is 2. The van der Waals surface area contributed by atoms with E-state index in [1.54, 1.807) is 0 Å². The van der Waals surface area contributed by atoms with E-state index in [0.717, 1.165) is 4.31 Å². The first-order valence-electron chi connectivity index (χ1n) is 7.89. The Morgan fingerprint density at radius 3 is 2.57 bits per heavy atom. The highest BCUT2D eigenvalue weighted by atomic mass is 35.5. The molecule has 0 radical (unpaired) electrons. The number of ether oxygens (including phenoxy) is 1. The SMILES string of the molecule is CN(C)S(=O)(=O)c1ccc(Cl)c(C(=O)Nc2cc3c(cc2Cl)NC(=O)CO3)c1. The Kier molecular flexibility index (Phi) is 5.53. The Morgan fingerprint density at radius 1 is 1.18 bits per heavy atom. The number of hydrogen-bond donors (Lipinski definition) is 2. The van der Waals surface area contributed by atoms with E-state index < -0.39 is 15.9 Å². The van der Waals surface area contributed by atoms with Gasteiger partial charge in [0.1, 0.15) is 5.75 Å². The van der Waals surface area contributed by atoms with E-state index in [4.69, 9.17) is 27.9 Å². The number of fused-ring (bicyclic) bond motifs is 1. The number of carbonyl (C=O) groups excluding carboxylic acids is 2. The minimum atomic E-state index is -3.74. The molecule has 8 nitrogen and oxygen atoms in total. The number of amides is 2. The molecule has 11 heteroatoms. The lowest BCUT2D eigenvalue weighted by Crippen LogP contribution is -2.25. The van der Waals surface area contributed by atoms with E-state index in [2.05, 4.69) is 10.6 Å². The molecule has 1 heterocycles. The molecule has 0 atom stereocenters. The van der Waals surface area contributed by atoms with Crippen molar-refractivity contribution in [3.63, 3.8) is 0 Å². The summed E-state index contributed by atoms with van der Waals surface area (Å²) in [6.07, 6.45) is 0. The molecule has 3 rings (SSSR count). The van der Waals surface area contributed by atoms with Crippen molar-refractivity contribution in [3.05, 3.63) is 45.9 Å². The van der Waals surface area contributed by atoms with Crippen LogP contribution < -0.4 is 15.4 Å². The Hall–Kier alpha value is -2.33. The summed E-state index contributed by atoms with van der Waals surface area (Å²) in [4.78, 5) is 24.0. The fraction of sp³-hybridized carbons (Fsp3) is 0.176. The van der Waals surface area contributed by atoms with Crippen molar-refractivity contribution in [1.29, 1.82) is 0 Å². The highest BCUT2D eigenvalue weighted by molar-refractivity contribution is 7.89. The molecule has 2 aromatic rings. The molecule has 0 unspecified atom stereocenters. The zero-order chi connectivity index (χ0) is 20.6. The first kappa shape index (κ1) is 20.4. The summed E-state index contributed by atoms with van der Waals surface area (Å²) in [6.45, 7) is -0.154. The summed E-state index contributed by atoms with van der Waals surface area (Å²) in [6, 6.07) is 6.74. The molecular weight excluding hydrogens is 429 g/mol. The molecule has 1 aliphatic heterocycles. The molecule has 0 aromatic heterocycles. The fourth-order valence-electron chi connectivity index (χ4n) is 2.44. The Bertz CT molecular complexity index is 1090. The van der Waals surface area contributed by atoms with Gasteiger partial charge in [-0.3, -0.25) is 9.59 Å². The number of halogens is 2. The predicted octanol–water partition coefficient (Wildman–Crippen LogP) is 2.83. The fourth-order valence-corrected chi connectivity index (χ4v) is 3.78. The highest BCUT2D eigenvalue weighted by Gasteiger charge is 2.23. The number of rotatable bonds is 4. The van der Waals surface area contributed by atoms with Gasteiger partial charge in [0.15, 0.2) is 6.61 Å². The van der Waals surface area contributed by atoms with E-state index in [-0.39, 0.29) is 38.7 Å². The van der Waals surface area contributed by atoms with Crippen LogP contribution in [0.3, 0.4) is 0 Å². The third kappa shape index (κ3) is 3.93. The number of benzene rings is 2. The van der Waals surface area contributed by atoms with Crippen molar-refractivity contribution in [2.45, 2.75) is 4.90 Å². The van der Waals surface area contributed by atoms with Gasteiger partial charge >= 0.3 is 0 Å². The minimum Gasteiger partial charge on any atom is -0.482 e. The topological polar surface area (TPSA) is 105 Å². The number of carbonyl (C=O) groups is 2. The zero-order valence-electron chi connectivity index (χ0n) is 14.7. The molecule has 2 N–H and O–H groups in total. The van der Waals surface area contributed by atoms with Crippen LogP contribution in [0.5, 0.6) is 5.75 Å². The predicted molar refractivity (Wildman–Crippen MR) is 106 cm³/mol. The Morgan fingerprint density at radius 2 is 1.89 bits per heavy atom. The van der Waals surface area contributed by atoms with E-state index >= 15 is 0 Å². The molecule has 0 saturated heterocycles. The van der Waals surface area contributed by atoms with Crippen molar-refractivity contribution >= 4 is 56.4 Å². The highest BCUT2D eigenvalue weighted by Crippen LogP contribution is 2.36. The Balaban J connectivity index is 1.93. The molecule has 0 fully saturated rings. The van der Waals surface area contributed by atoms with Crippen LogP contribution in [0.2, 0.25) is 10.0 Å². The van der Waals surface area contributed by atoms with Crippen molar-refractivity contribution in [2.24, 2.45) is 0 Å². The van der Waals surface area contributed by atoms with E-state index in [1.807, 2.05) is 0 Å². The van der Waals surface area contributed by atoms with Gasteiger partial charge in [-0.05, 0) is 24.3 Å². The molecule has 0 aliphatic carbocycles. The first-order valence-corrected chi connectivity index (χ1v) is 10.1. The van der Waals surface area contributed by atoms with Crippen LogP contribution in [-0.2, 0) is 14.8 Å². The van der Waals surface area contributed by atoms with Crippen LogP contribution in [-0.4, -0.2) is 45.2 Å². The second-order valence-electron chi connectivity index (χ2n) is 6.05. The maximum Gasteiger partial charge on any atom is 0.262 e. The third-order valence-corrected chi connectivity index (χ3v) is 6.36. The second-order valence-corrected chi connectivity index (χ2v) is 9.01. The number of hydrogen-bond acceptors (Lipinski definition) is 5. The Labute approximate surface area is 171 Å². The van der Waals surface area contributed by atoms with Gasteiger partial charge in [-0.15, -0.1) is 0 Å². The lowest BCUT2D eigenvalue weighted by molar-refractivity contribution is -0.118. The number of anilines is 2. The van der Waals surface area contributed by atoms with E-state index in [9.17, 15) is 18.0 Å². The standard InChI is InChI=1S/C17H15Cl2N3O5S/c1-22(2)28(25,26)9-3-4-11(18)10(5-9)17(24)21-13-7-15-14(6-12(13)19)20-16(23)8-27-15/h3-7H,8H2,1-2H3,(H,20,23)(H,21,24). The van der Waals surface area contributed by atoms with Gasteiger partial charge < -0.3 is 15.4 Å². The van der Waals surface area contributed by atoms with Crippen LogP contribution >= 0.6 is 23.2 Å². The van der Waals surface area contributed by atoms with Crippen molar-refractivity contribution in [1.82, 2.24) is 4.31 Å². The van der Waals surface area contributed by atoms with E-state index in [0.29, 0.717) is 11.4 Å². The molecule has 148 valence electrons. The van der Waals surface area contributed by atoms with Crippen LogP contribution in [0, 0.1) is 0 Å². The summed E-state index contributed by atoms with van der Waals surface area (Å²) >= 11 is 12.3. The zero-order valence-corrected chi connectivity index (χ0v) is 17.1. The van der Waals surface area contributed by atoms with Crippen LogP contribution in [0.25, 0.3) is 0 Å². The largest absolute Gasteiger partial charge is 0.482 e. The molecule has 0 bridgehead atoms. The van der Waals surface area contributed by atoms with Gasteiger partial charge in [-0.1, -0.05) is 23.2 Å². The summed E-state index contributed by atoms with van der Waals surface area (Å²) < 4.78 is 30.9. The molecule has 2 amide bonds. The molecule has 2 aromatic carbocycles. The lowest BCUT2D eigenvalue weighted by Gasteiger charge is -2.20. The maximum absolute atomic E-state index is 12.7. The molecular formula is C17H15Cl2N3O5S. The molecule has 0 saturated carbocycles. The second kappa shape index (κ2) is 7.59. The number of sulfonamides is 1. The van der Waals surface area contributed by atoms with Crippen molar-refractivity contribution < 1.29 is 22.7 Å². The number of nitrogens with zero attached hydrogens (tertiary/aromatic N) is 1. The summed E-state index contributed by atoms with van der Waals surface area (Å²) in [7, 11) is -0.971. The normalized spacial score (nSPS) is 13.5. The summed E-state index contributed by atoms with van der Waals surface area (Å²) in [5.41, 5.74) is 0.572. The van der Waals surface area contributed by atoms with Gasteiger partial charge in [-0.2, -0.15) is 0 Å². The van der Waals surface area contributed by atoms with Gasteiger partial charge in [0.2, 0.25) is 10.0 Å². The van der Waals surface area contributed by atoms with Crippen molar-refractivity contribution in [3.8, 4) is 5.75 Å². The molecule has 28 heavy (non-hydrogen) atoms. The summed E-state index contributed by atoms with van der Waals surface area (Å²) in [5, 5.41) is 5.42. The molecule has 0 spiro atoms.